The molecule has 3 rings (SSSR count). The van der Waals surface area contributed by atoms with Crippen LogP contribution in [0.5, 0.6) is 0 Å². The molecule has 1 saturated heterocycles. The predicted octanol–water partition coefficient (Wildman–Crippen LogP) is 2.40. The average molecular weight is 344 g/mol. The monoisotopic (exact) mass is 344 g/mol. The zero-order valence-electron chi connectivity index (χ0n) is 12.4. The number of carbonyl (C=O) groups excluding carboxylic acids is 1. The van der Waals surface area contributed by atoms with E-state index in [4.69, 9.17) is 0 Å². The average Bonchev–Trinajstić information content (AvgIpc) is 2.83. The van der Waals surface area contributed by atoms with Gasteiger partial charge in [0.15, 0.2) is 0 Å². The van der Waals surface area contributed by atoms with Gasteiger partial charge in [0.1, 0.15) is 5.69 Å². The van der Waals surface area contributed by atoms with Gasteiger partial charge >= 0.3 is 6.18 Å². The first-order valence-corrected chi connectivity index (χ1v) is 8.57. The molecule has 1 aliphatic heterocycles. The van der Waals surface area contributed by atoms with E-state index in [0.717, 1.165) is 12.1 Å². The largest absolute Gasteiger partial charge is 0.416 e. The van der Waals surface area contributed by atoms with Gasteiger partial charge in [-0.1, -0.05) is 0 Å². The van der Waals surface area contributed by atoms with Gasteiger partial charge in [-0.15, -0.1) is 0 Å². The number of carbonyl (C=O) groups is 1. The molecule has 0 radical (unpaired) electrons. The zero-order chi connectivity index (χ0) is 16.8. The van der Waals surface area contributed by atoms with Gasteiger partial charge in [-0.25, -0.2) is 0 Å². The molecule has 0 bridgehead atoms. The first-order valence-electron chi connectivity index (χ1n) is 7.08. The van der Waals surface area contributed by atoms with Crippen LogP contribution >= 0.6 is 0 Å². The predicted molar refractivity (Wildman–Crippen MR) is 81.7 cm³/mol. The summed E-state index contributed by atoms with van der Waals surface area (Å²) >= 11 is 0. The van der Waals surface area contributed by atoms with Crippen LogP contribution in [0.2, 0.25) is 0 Å². The van der Waals surface area contributed by atoms with Crippen LogP contribution in [0.4, 0.5) is 13.2 Å². The lowest BCUT2D eigenvalue weighted by molar-refractivity contribution is -0.137. The molecule has 1 aromatic carbocycles. The van der Waals surface area contributed by atoms with Gasteiger partial charge in [0.2, 0.25) is 0 Å². The Balaban J connectivity index is 1.96. The van der Waals surface area contributed by atoms with Crippen molar-refractivity contribution >= 4 is 27.6 Å². The molecule has 0 aliphatic carbocycles. The molecule has 8 heteroatoms. The maximum Gasteiger partial charge on any atom is 0.416 e. The molecule has 4 nitrogen and oxygen atoms in total. The highest BCUT2D eigenvalue weighted by molar-refractivity contribution is 7.85. The number of hydrogen-bond donors (Lipinski definition) is 0. The lowest BCUT2D eigenvalue weighted by Gasteiger charge is -2.26. The fourth-order valence-electron chi connectivity index (χ4n) is 2.73. The molecule has 23 heavy (non-hydrogen) atoms. The van der Waals surface area contributed by atoms with Crippen molar-refractivity contribution in [1.82, 2.24) is 9.47 Å². The fraction of sp³-hybridized carbons (Fsp3) is 0.400. The molecule has 1 amide bonds. The molecule has 0 unspecified atom stereocenters. The van der Waals surface area contributed by atoms with Crippen molar-refractivity contribution in [2.24, 2.45) is 7.05 Å². The molecule has 1 aliphatic rings. The number of aromatic nitrogens is 1. The Morgan fingerprint density at radius 2 is 1.83 bits per heavy atom. The van der Waals surface area contributed by atoms with Crippen molar-refractivity contribution in [3.05, 3.63) is 35.5 Å². The van der Waals surface area contributed by atoms with Gasteiger partial charge in [0.25, 0.3) is 5.91 Å². The third kappa shape index (κ3) is 2.99. The minimum Gasteiger partial charge on any atom is -0.340 e. The normalized spacial score (nSPS) is 17.0. The van der Waals surface area contributed by atoms with Crippen molar-refractivity contribution in [2.75, 3.05) is 24.6 Å². The summed E-state index contributed by atoms with van der Waals surface area (Å²) in [5.74, 6) is 0.635. The van der Waals surface area contributed by atoms with E-state index in [-0.39, 0.29) is 5.91 Å². The summed E-state index contributed by atoms with van der Waals surface area (Å²) in [5.41, 5.74) is 0.178. The molecule has 124 valence electrons. The minimum atomic E-state index is -4.41. The Labute approximate surface area is 133 Å². The quantitative estimate of drug-likeness (QED) is 0.797. The fourth-order valence-corrected chi connectivity index (χ4v) is 3.79. The summed E-state index contributed by atoms with van der Waals surface area (Å²) in [7, 11) is 0.765. The van der Waals surface area contributed by atoms with Crippen LogP contribution in [0.1, 0.15) is 16.1 Å². The van der Waals surface area contributed by atoms with Gasteiger partial charge in [-0.2, -0.15) is 13.2 Å². The van der Waals surface area contributed by atoms with Crippen LogP contribution in [0.15, 0.2) is 24.3 Å². The summed E-state index contributed by atoms with van der Waals surface area (Å²) in [5, 5.41) is 0.381. The minimum absolute atomic E-state index is 0.242. The van der Waals surface area contributed by atoms with E-state index < -0.39 is 22.5 Å². The lowest BCUT2D eigenvalue weighted by Crippen LogP contribution is -2.42. The number of benzene rings is 1. The van der Waals surface area contributed by atoms with Crippen molar-refractivity contribution in [3.8, 4) is 0 Å². The summed E-state index contributed by atoms with van der Waals surface area (Å²) in [4.78, 5) is 14.2. The van der Waals surface area contributed by atoms with E-state index in [9.17, 15) is 22.2 Å². The lowest BCUT2D eigenvalue weighted by atomic mass is 10.1. The van der Waals surface area contributed by atoms with E-state index in [1.54, 1.807) is 16.5 Å². The van der Waals surface area contributed by atoms with Crippen LogP contribution in [0.3, 0.4) is 0 Å². The van der Waals surface area contributed by atoms with Gasteiger partial charge in [0.05, 0.1) is 5.56 Å². The molecular weight excluding hydrogens is 329 g/mol. The maximum atomic E-state index is 12.8. The smallest absolute Gasteiger partial charge is 0.340 e. The molecule has 1 fully saturated rings. The molecule has 0 saturated carbocycles. The Kier molecular flexibility index (Phi) is 3.95. The number of fused-ring (bicyclic) bond motifs is 1. The van der Waals surface area contributed by atoms with Crippen molar-refractivity contribution in [2.45, 2.75) is 6.18 Å². The number of amides is 1. The number of aryl methyl sites for hydroxylation is 1. The second-order valence-corrected chi connectivity index (χ2v) is 7.20. The van der Waals surface area contributed by atoms with Crippen LogP contribution in [0, 0.1) is 0 Å². The van der Waals surface area contributed by atoms with E-state index in [1.807, 2.05) is 0 Å². The van der Waals surface area contributed by atoms with E-state index in [0.29, 0.717) is 41.2 Å². The van der Waals surface area contributed by atoms with Crippen LogP contribution < -0.4 is 0 Å². The molecule has 0 atom stereocenters. The second-order valence-electron chi connectivity index (χ2n) is 5.50. The zero-order valence-corrected chi connectivity index (χ0v) is 13.2. The Morgan fingerprint density at radius 1 is 1.17 bits per heavy atom. The van der Waals surface area contributed by atoms with Gasteiger partial charge in [0, 0.05) is 53.3 Å². The third-order valence-corrected chi connectivity index (χ3v) is 5.33. The summed E-state index contributed by atoms with van der Waals surface area (Å²) in [6.07, 6.45) is -4.41. The highest BCUT2D eigenvalue weighted by Crippen LogP contribution is 2.32. The number of nitrogens with zero attached hydrogens (tertiary/aromatic N) is 2. The van der Waals surface area contributed by atoms with E-state index in [2.05, 4.69) is 0 Å². The molecule has 2 aromatic rings. The van der Waals surface area contributed by atoms with Gasteiger partial charge < -0.3 is 9.47 Å². The molecule has 0 spiro atoms. The standard InChI is InChI=1S/C15H15F3N2O2S/c1-19-12-3-2-11(15(16,17)18)8-10(12)9-13(19)14(21)20-4-6-23(22)7-5-20/h2-3,8-9H,4-7H2,1H3. The van der Waals surface area contributed by atoms with Crippen LogP contribution in [0.25, 0.3) is 10.9 Å². The first-order chi connectivity index (χ1) is 10.8. The van der Waals surface area contributed by atoms with Crippen molar-refractivity contribution in [3.63, 3.8) is 0 Å². The highest BCUT2D eigenvalue weighted by Gasteiger charge is 2.31. The highest BCUT2D eigenvalue weighted by atomic mass is 32.2. The van der Waals surface area contributed by atoms with E-state index in [1.165, 1.54) is 12.1 Å². The topological polar surface area (TPSA) is 42.3 Å². The molecule has 0 N–H and O–H groups in total. The third-order valence-electron chi connectivity index (χ3n) is 4.05. The Hall–Kier alpha value is -1.83. The van der Waals surface area contributed by atoms with E-state index >= 15 is 0 Å². The van der Waals surface area contributed by atoms with Crippen molar-refractivity contribution in [1.29, 1.82) is 0 Å². The number of rotatable bonds is 1. The summed E-state index contributed by atoms with van der Waals surface area (Å²) < 4.78 is 51.4. The Morgan fingerprint density at radius 3 is 2.43 bits per heavy atom. The maximum absolute atomic E-state index is 12.8. The number of hydrogen-bond acceptors (Lipinski definition) is 2. The van der Waals surface area contributed by atoms with Crippen molar-refractivity contribution < 1.29 is 22.2 Å². The van der Waals surface area contributed by atoms with Crippen LogP contribution in [-0.4, -0.2) is 44.2 Å². The molecule has 2 heterocycles. The molecular formula is C15H15F3N2O2S. The second kappa shape index (κ2) is 5.67. The summed E-state index contributed by atoms with van der Waals surface area (Å²) in [6, 6.07) is 4.93. The number of halogens is 3. The van der Waals surface area contributed by atoms with Gasteiger partial charge in [-0.05, 0) is 24.3 Å². The first kappa shape index (κ1) is 16.0. The van der Waals surface area contributed by atoms with Gasteiger partial charge in [-0.3, -0.25) is 9.00 Å². The Bertz CT molecular complexity index is 788. The SMILES string of the molecule is Cn1c(C(=O)N2CCS(=O)CC2)cc2cc(C(F)(F)F)ccc21. The van der Waals surface area contributed by atoms with Crippen LogP contribution in [-0.2, 0) is 24.0 Å². The molecule has 1 aromatic heterocycles. The number of alkyl halides is 3. The summed E-state index contributed by atoms with van der Waals surface area (Å²) in [6.45, 7) is 0.807.